The molecule has 2 aromatic rings. The maximum atomic E-state index is 12.8. The Labute approximate surface area is 179 Å². The molecule has 8 heteroatoms. The number of hydrogen-bond acceptors (Lipinski definition) is 6. The Morgan fingerprint density at radius 1 is 0.733 bits per heavy atom. The average molecular weight is 430 g/mol. The van der Waals surface area contributed by atoms with E-state index in [2.05, 4.69) is 20.0 Å². The molecule has 0 unspecified atom stereocenters. The standard InChI is InChI=1S/C22H31N5O2S/c1-19-6-8-20(9-7-19)18-30(28,29)27-16-14-26(15-17-27)22-11-10-21(23-24-22)25-12-4-2-3-5-13-25/h6-11H,2-5,12-18H2,1H3. The molecule has 162 valence electrons. The van der Waals surface area contributed by atoms with E-state index in [1.165, 1.54) is 25.7 Å². The van der Waals surface area contributed by atoms with Gasteiger partial charge in [0.1, 0.15) is 0 Å². The van der Waals surface area contributed by atoms with Gasteiger partial charge in [0, 0.05) is 39.3 Å². The van der Waals surface area contributed by atoms with Crippen LogP contribution in [0.4, 0.5) is 11.6 Å². The van der Waals surface area contributed by atoms with E-state index in [0.717, 1.165) is 35.9 Å². The van der Waals surface area contributed by atoms with Crippen molar-refractivity contribution in [3.8, 4) is 0 Å². The van der Waals surface area contributed by atoms with Gasteiger partial charge in [-0.25, -0.2) is 8.42 Å². The Morgan fingerprint density at radius 2 is 1.27 bits per heavy atom. The highest BCUT2D eigenvalue weighted by atomic mass is 32.2. The van der Waals surface area contributed by atoms with Gasteiger partial charge < -0.3 is 9.80 Å². The predicted octanol–water partition coefficient (Wildman–Crippen LogP) is 2.82. The van der Waals surface area contributed by atoms with Crippen LogP contribution in [-0.2, 0) is 15.8 Å². The Morgan fingerprint density at radius 3 is 1.80 bits per heavy atom. The van der Waals surface area contributed by atoms with E-state index in [-0.39, 0.29) is 5.75 Å². The number of aromatic nitrogens is 2. The van der Waals surface area contributed by atoms with E-state index in [0.29, 0.717) is 26.2 Å². The second-order valence-electron chi connectivity index (χ2n) is 8.28. The second kappa shape index (κ2) is 9.31. The highest BCUT2D eigenvalue weighted by Gasteiger charge is 2.28. The molecule has 0 amide bonds. The van der Waals surface area contributed by atoms with Crippen molar-refractivity contribution in [3.05, 3.63) is 47.5 Å². The molecule has 0 N–H and O–H groups in total. The normalized spacial score (nSPS) is 19.0. The zero-order valence-corrected chi connectivity index (χ0v) is 18.5. The summed E-state index contributed by atoms with van der Waals surface area (Å²) in [6, 6.07) is 11.8. The van der Waals surface area contributed by atoms with Crippen molar-refractivity contribution in [2.75, 3.05) is 49.1 Å². The van der Waals surface area contributed by atoms with Gasteiger partial charge in [-0.05, 0) is 37.5 Å². The molecule has 2 aliphatic rings. The minimum Gasteiger partial charge on any atom is -0.355 e. The molecular weight excluding hydrogens is 398 g/mol. The lowest BCUT2D eigenvalue weighted by Crippen LogP contribution is -2.49. The van der Waals surface area contributed by atoms with Gasteiger partial charge in [-0.2, -0.15) is 4.31 Å². The van der Waals surface area contributed by atoms with Gasteiger partial charge in [0.2, 0.25) is 10.0 Å². The summed E-state index contributed by atoms with van der Waals surface area (Å²) in [7, 11) is -3.32. The lowest BCUT2D eigenvalue weighted by atomic mass is 10.2. The van der Waals surface area contributed by atoms with Gasteiger partial charge in [-0.3, -0.25) is 0 Å². The monoisotopic (exact) mass is 429 g/mol. The molecule has 7 nitrogen and oxygen atoms in total. The third-order valence-electron chi connectivity index (χ3n) is 5.99. The van der Waals surface area contributed by atoms with Gasteiger partial charge in [0.15, 0.2) is 11.6 Å². The minimum absolute atomic E-state index is 0.0532. The van der Waals surface area contributed by atoms with Gasteiger partial charge in [-0.15, -0.1) is 10.2 Å². The van der Waals surface area contributed by atoms with Crippen molar-refractivity contribution in [3.63, 3.8) is 0 Å². The number of rotatable bonds is 5. The molecule has 0 bridgehead atoms. The molecular formula is C22H31N5O2S. The van der Waals surface area contributed by atoms with Crippen molar-refractivity contribution in [2.24, 2.45) is 0 Å². The zero-order valence-electron chi connectivity index (χ0n) is 17.7. The Kier molecular flexibility index (Phi) is 6.53. The van der Waals surface area contributed by atoms with Crippen molar-refractivity contribution >= 4 is 21.7 Å². The number of sulfonamides is 1. The molecule has 0 saturated carbocycles. The molecule has 2 aliphatic heterocycles. The molecule has 4 rings (SSSR count). The molecule has 1 aromatic heterocycles. The first-order valence-corrected chi connectivity index (χ1v) is 12.5. The fraction of sp³-hybridized carbons (Fsp3) is 0.545. The first-order chi connectivity index (χ1) is 14.5. The van der Waals surface area contributed by atoms with Crippen molar-refractivity contribution in [1.82, 2.24) is 14.5 Å². The molecule has 0 spiro atoms. The first-order valence-electron chi connectivity index (χ1n) is 10.9. The van der Waals surface area contributed by atoms with Crippen molar-refractivity contribution < 1.29 is 8.42 Å². The molecule has 0 aliphatic carbocycles. The minimum atomic E-state index is -3.32. The van der Waals surface area contributed by atoms with E-state index >= 15 is 0 Å². The summed E-state index contributed by atoms with van der Waals surface area (Å²) in [5, 5.41) is 8.89. The van der Waals surface area contributed by atoms with Crippen LogP contribution < -0.4 is 9.80 Å². The molecule has 2 fully saturated rings. The van der Waals surface area contributed by atoms with Gasteiger partial charge >= 0.3 is 0 Å². The Bertz CT molecular complexity index is 915. The summed E-state index contributed by atoms with van der Waals surface area (Å²) in [4.78, 5) is 4.44. The van der Waals surface area contributed by atoms with Crippen LogP contribution in [0.15, 0.2) is 36.4 Å². The summed E-state index contributed by atoms with van der Waals surface area (Å²) in [5.74, 6) is 1.82. The maximum Gasteiger partial charge on any atom is 0.218 e. The summed E-state index contributed by atoms with van der Waals surface area (Å²) in [6.45, 7) is 6.31. The molecule has 30 heavy (non-hydrogen) atoms. The van der Waals surface area contributed by atoms with Crippen LogP contribution in [0, 0.1) is 6.92 Å². The van der Waals surface area contributed by atoms with Crippen LogP contribution in [0.1, 0.15) is 36.8 Å². The van der Waals surface area contributed by atoms with E-state index in [9.17, 15) is 8.42 Å². The lowest BCUT2D eigenvalue weighted by Gasteiger charge is -2.34. The largest absolute Gasteiger partial charge is 0.355 e. The second-order valence-corrected chi connectivity index (χ2v) is 10.2. The van der Waals surface area contributed by atoms with Crippen molar-refractivity contribution in [2.45, 2.75) is 38.4 Å². The number of benzene rings is 1. The number of anilines is 2. The maximum absolute atomic E-state index is 12.8. The summed E-state index contributed by atoms with van der Waals surface area (Å²) in [6.07, 6.45) is 5.00. The van der Waals surface area contributed by atoms with E-state index < -0.39 is 10.0 Å². The predicted molar refractivity (Wildman–Crippen MR) is 120 cm³/mol. The molecule has 1 aromatic carbocycles. The van der Waals surface area contributed by atoms with Gasteiger partial charge in [0.05, 0.1) is 5.75 Å². The van der Waals surface area contributed by atoms with E-state index in [4.69, 9.17) is 0 Å². The highest BCUT2D eigenvalue weighted by molar-refractivity contribution is 7.88. The van der Waals surface area contributed by atoms with Crippen LogP contribution in [0.25, 0.3) is 0 Å². The SMILES string of the molecule is Cc1ccc(CS(=O)(=O)N2CCN(c3ccc(N4CCCCCC4)nn3)CC2)cc1. The molecule has 2 saturated heterocycles. The topological polar surface area (TPSA) is 69.6 Å². The van der Waals surface area contributed by atoms with Crippen molar-refractivity contribution in [1.29, 1.82) is 0 Å². The summed E-state index contributed by atoms with van der Waals surface area (Å²) < 4.78 is 27.2. The van der Waals surface area contributed by atoms with E-state index in [1.54, 1.807) is 4.31 Å². The quantitative estimate of drug-likeness (QED) is 0.728. The number of nitrogens with zero attached hydrogens (tertiary/aromatic N) is 5. The average Bonchev–Trinajstić information content (AvgIpc) is 3.05. The van der Waals surface area contributed by atoms with Crippen LogP contribution in [0.3, 0.4) is 0 Å². The third kappa shape index (κ3) is 5.10. The first kappa shape index (κ1) is 21.1. The zero-order chi connectivity index (χ0) is 21.0. The highest BCUT2D eigenvalue weighted by Crippen LogP contribution is 2.21. The van der Waals surface area contributed by atoms with E-state index in [1.807, 2.05) is 43.3 Å². The smallest absolute Gasteiger partial charge is 0.218 e. The van der Waals surface area contributed by atoms with Crippen LogP contribution >= 0.6 is 0 Å². The molecule has 3 heterocycles. The lowest BCUT2D eigenvalue weighted by molar-refractivity contribution is 0.383. The van der Waals surface area contributed by atoms with Crippen LogP contribution in [0.2, 0.25) is 0 Å². The van der Waals surface area contributed by atoms with Crippen LogP contribution in [-0.4, -0.2) is 62.2 Å². The van der Waals surface area contributed by atoms with Crippen LogP contribution in [0.5, 0.6) is 0 Å². The Hall–Kier alpha value is -2.19. The molecule has 0 radical (unpaired) electrons. The summed E-state index contributed by atoms with van der Waals surface area (Å²) in [5.41, 5.74) is 1.96. The third-order valence-corrected chi connectivity index (χ3v) is 7.84. The molecule has 0 atom stereocenters. The number of hydrogen-bond donors (Lipinski definition) is 0. The number of piperazine rings is 1. The fourth-order valence-electron chi connectivity index (χ4n) is 4.14. The van der Waals surface area contributed by atoms with Gasteiger partial charge in [0.25, 0.3) is 0 Å². The fourth-order valence-corrected chi connectivity index (χ4v) is 5.65. The van der Waals surface area contributed by atoms with Gasteiger partial charge in [-0.1, -0.05) is 42.7 Å². The Balaban J connectivity index is 1.34. The number of aryl methyl sites for hydroxylation is 1. The summed E-state index contributed by atoms with van der Waals surface area (Å²) >= 11 is 0.